The van der Waals surface area contributed by atoms with Crippen LogP contribution in [0.2, 0.25) is 0 Å². The zero-order valence-corrected chi connectivity index (χ0v) is 12.2. The van der Waals surface area contributed by atoms with Crippen molar-refractivity contribution in [1.82, 2.24) is 14.9 Å². The smallest absolute Gasteiger partial charge is 0.343 e. The number of nitrogens with one attached hydrogen (secondary N) is 1. The minimum absolute atomic E-state index is 0.0467. The summed E-state index contributed by atoms with van der Waals surface area (Å²) < 4.78 is 0. The van der Waals surface area contributed by atoms with Crippen LogP contribution in [0, 0.1) is 10.1 Å². The number of nitrogens with zero attached hydrogens (tertiary/aromatic N) is 4. The molecule has 1 rings (SSSR count). The van der Waals surface area contributed by atoms with Crippen LogP contribution in [0.5, 0.6) is 0 Å². The van der Waals surface area contributed by atoms with Crippen molar-refractivity contribution >= 4 is 23.3 Å². The van der Waals surface area contributed by atoms with Crippen molar-refractivity contribution in [2.75, 3.05) is 37.8 Å². The highest BCUT2D eigenvalue weighted by atomic mass is 32.2. The molecule has 1 heterocycles. The summed E-state index contributed by atoms with van der Waals surface area (Å²) >= 11 is 1.39. The Hall–Kier alpha value is -1.41. The van der Waals surface area contributed by atoms with Crippen LogP contribution in [0.3, 0.4) is 0 Å². The molecule has 0 unspecified atom stereocenters. The predicted molar refractivity (Wildman–Crippen MR) is 76.7 cm³/mol. The molecular formula is C11H19N5O2S. The molecule has 0 spiro atoms. The molecule has 1 aromatic rings. The average molecular weight is 285 g/mol. The summed E-state index contributed by atoms with van der Waals surface area (Å²) in [5.41, 5.74) is -0.0467. The number of nitro groups is 1. The quantitative estimate of drug-likeness (QED) is 0.338. The van der Waals surface area contributed by atoms with E-state index in [1.165, 1.54) is 18.1 Å². The zero-order chi connectivity index (χ0) is 14.3. The van der Waals surface area contributed by atoms with Crippen molar-refractivity contribution in [2.24, 2.45) is 0 Å². The van der Waals surface area contributed by atoms with Gasteiger partial charge in [0, 0.05) is 19.3 Å². The van der Waals surface area contributed by atoms with Crippen LogP contribution in [0.15, 0.2) is 11.4 Å². The molecule has 0 aliphatic rings. The summed E-state index contributed by atoms with van der Waals surface area (Å²) in [5.74, 6) is 1.02. The second kappa shape index (κ2) is 7.90. The van der Waals surface area contributed by atoms with Crippen molar-refractivity contribution in [3.8, 4) is 0 Å². The molecule has 0 radical (unpaired) electrons. The zero-order valence-electron chi connectivity index (χ0n) is 11.4. The number of anilines is 1. The number of rotatable bonds is 8. The van der Waals surface area contributed by atoms with Crippen LogP contribution in [-0.4, -0.2) is 52.2 Å². The van der Waals surface area contributed by atoms with Crippen LogP contribution in [-0.2, 0) is 0 Å². The van der Waals surface area contributed by atoms with Crippen molar-refractivity contribution in [1.29, 1.82) is 0 Å². The standard InChI is InChI=1S/C11H19N5O2S/c1-4-15(5-2)6-7-19-11-9(16(17)18)10(12-3)13-8-14-11/h8H,4-7H2,1-3H3,(H,12,13,14). The van der Waals surface area contributed by atoms with Crippen LogP contribution >= 0.6 is 11.8 Å². The summed E-state index contributed by atoms with van der Waals surface area (Å²) in [5, 5.41) is 14.2. The van der Waals surface area contributed by atoms with Gasteiger partial charge in [-0.1, -0.05) is 25.6 Å². The van der Waals surface area contributed by atoms with Crippen LogP contribution in [0.25, 0.3) is 0 Å². The van der Waals surface area contributed by atoms with E-state index in [1.54, 1.807) is 7.05 Å². The second-order valence-electron chi connectivity index (χ2n) is 3.76. The third kappa shape index (κ3) is 4.32. The van der Waals surface area contributed by atoms with Gasteiger partial charge in [-0.25, -0.2) is 9.97 Å². The Morgan fingerprint density at radius 3 is 2.63 bits per heavy atom. The molecule has 8 heteroatoms. The fraction of sp³-hybridized carbons (Fsp3) is 0.636. The van der Waals surface area contributed by atoms with Gasteiger partial charge in [-0.05, 0) is 13.1 Å². The molecule has 19 heavy (non-hydrogen) atoms. The van der Waals surface area contributed by atoms with E-state index in [2.05, 4.69) is 34.0 Å². The molecule has 0 amide bonds. The van der Waals surface area contributed by atoms with Crippen LogP contribution in [0.1, 0.15) is 13.8 Å². The molecule has 0 aromatic carbocycles. The average Bonchev–Trinajstić information content (AvgIpc) is 2.42. The molecule has 1 N–H and O–H groups in total. The topological polar surface area (TPSA) is 84.2 Å². The van der Waals surface area contributed by atoms with Gasteiger partial charge in [0.1, 0.15) is 6.33 Å². The Kier molecular flexibility index (Phi) is 6.51. The van der Waals surface area contributed by atoms with Crippen molar-refractivity contribution < 1.29 is 4.92 Å². The van der Waals surface area contributed by atoms with Gasteiger partial charge >= 0.3 is 5.69 Å². The normalized spacial score (nSPS) is 10.7. The lowest BCUT2D eigenvalue weighted by molar-refractivity contribution is -0.387. The lowest BCUT2D eigenvalue weighted by Gasteiger charge is -2.17. The fourth-order valence-electron chi connectivity index (χ4n) is 1.63. The molecule has 7 nitrogen and oxygen atoms in total. The van der Waals surface area contributed by atoms with E-state index in [-0.39, 0.29) is 11.5 Å². The summed E-state index contributed by atoms with van der Waals surface area (Å²) in [6.07, 6.45) is 1.35. The molecule has 0 bridgehead atoms. The SMILES string of the molecule is CCN(CC)CCSc1ncnc(NC)c1[N+](=O)[O-]. The Morgan fingerprint density at radius 1 is 1.42 bits per heavy atom. The highest BCUT2D eigenvalue weighted by Crippen LogP contribution is 2.31. The van der Waals surface area contributed by atoms with E-state index in [1.807, 2.05) is 0 Å². The Labute approximate surface area is 117 Å². The highest BCUT2D eigenvalue weighted by Gasteiger charge is 2.22. The molecule has 0 saturated heterocycles. The van der Waals surface area contributed by atoms with E-state index >= 15 is 0 Å². The van der Waals surface area contributed by atoms with Gasteiger partial charge in [0.25, 0.3) is 0 Å². The van der Waals surface area contributed by atoms with E-state index in [9.17, 15) is 10.1 Å². The maximum Gasteiger partial charge on any atom is 0.343 e. The summed E-state index contributed by atoms with van der Waals surface area (Å²) in [6, 6.07) is 0. The van der Waals surface area contributed by atoms with Gasteiger partial charge in [0.05, 0.1) is 4.92 Å². The lowest BCUT2D eigenvalue weighted by atomic mass is 10.5. The summed E-state index contributed by atoms with van der Waals surface area (Å²) in [7, 11) is 1.61. The molecule has 0 fully saturated rings. The third-order valence-corrected chi connectivity index (χ3v) is 3.71. The minimum Gasteiger partial charge on any atom is -0.367 e. The number of hydrogen-bond acceptors (Lipinski definition) is 7. The largest absolute Gasteiger partial charge is 0.367 e. The second-order valence-corrected chi connectivity index (χ2v) is 4.84. The van der Waals surface area contributed by atoms with Crippen LogP contribution in [0.4, 0.5) is 11.5 Å². The van der Waals surface area contributed by atoms with Gasteiger partial charge in [-0.15, -0.1) is 0 Å². The summed E-state index contributed by atoms with van der Waals surface area (Å²) in [4.78, 5) is 20.8. The highest BCUT2D eigenvalue weighted by molar-refractivity contribution is 7.99. The first-order valence-corrected chi connectivity index (χ1v) is 7.14. The van der Waals surface area contributed by atoms with E-state index in [0.717, 1.165) is 25.4 Å². The first-order valence-electron chi connectivity index (χ1n) is 6.16. The Bertz CT molecular complexity index is 426. The maximum atomic E-state index is 11.1. The number of aromatic nitrogens is 2. The molecular weight excluding hydrogens is 266 g/mol. The first-order chi connectivity index (χ1) is 9.13. The van der Waals surface area contributed by atoms with Crippen LogP contribution < -0.4 is 5.32 Å². The molecule has 1 aromatic heterocycles. The monoisotopic (exact) mass is 285 g/mol. The maximum absolute atomic E-state index is 11.1. The molecule has 0 atom stereocenters. The van der Waals surface area contributed by atoms with E-state index in [0.29, 0.717) is 5.03 Å². The minimum atomic E-state index is -0.439. The van der Waals surface area contributed by atoms with Crippen molar-refractivity contribution in [3.63, 3.8) is 0 Å². The number of thioether (sulfide) groups is 1. The Balaban J connectivity index is 2.75. The predicted octanol–water partition coefficient (Wildman–Crippen LogP) is 1.86. The van der Waals surface area contributed by atoms with Gasteiger partial charge in [-0.2, -0.15) is 0 Å². The van der Waals surface area contributed by atoms with Gasteiger partial charge in [0.2, 0.25) is 5.82 Å². The molecule has 0 aliphatic carbocycles. The summed E-state index contributed by atoms with van der Waals surface area (Å²) in [6.45, 7) is 7.03. The van der Waals surface area contributed by atoms with Crippen molar-refractivity contribution in [2.45, 2.75) is 18.9 Å². The van der Waals surface area contributed by atoms with Crippen molar-refractivity contribution in [3.05, 3.63) is 16.4 Å². The fourth-order valence-corrected chi connectivity index (χ4v) is 2.60. The lowest BCUT2D eigenvalue weighted by Crippen LogP contribution is -2.25. The van der Waals surface area contributed by atoms with Gasteiger partial charge in [0.15, 0.2) is 5.03 Å². The van der Waals surface area contributed by atoms with E-state index < -0.39 is 4.92 Å². The molecule has 106 valence electrons. The molecule has 0 saturated carbocycles. The Morgan fingerprint density at radius 2 is 2.11 bits per heavy atom. The number of hydrogen-bond donors (Lipinski definition) is 1. The first kappa shape index (κ1) is 15.6. The molecule has 0 aliphatic heterocycles. The van der Waals surface area contributed by atoms with Gasteiger partial charge in [-0.3, -0.25) is 10.1 Å². The third-order valence-electron chi connectivity index (χ3n) is 2.75. The van der Waals surface area contributed by atoms with Gasteiger partial charge < -0.3 is 10.2 Å². The van der Waals surface area contributed by atoms with E-state index in [4.69, 9.17) is 0 Å².